The zero-order valence-electron chi connectivity index (χ0n) is 14.3. The molecule has 3 aromatic rings. The van der Waals surface area contributed by atoms with Crippen LogP contribution in [-0.2, 0) is 0 Å². The Balaban J connectivity index is 1.54. The third kappa shape index (κ3) is 4.86. The summed E-state index contributed by atoms with van der Waals surface area (Å²) in [5, 5.41) is 16.2. The zero-order chi connectivity index (χ0) is 19.9. The van der Waals surface area contributed by atoms with Crippen LogP contribution < -0.4 is 10.2 Å². The van der Waals surface area contributed by atoms with Gasteiger partial charge in [0.25, 0.3) is 11.6 Å². The van der Waals surface area contributed by atoms with Crippen LogP contribution in [0.4, 0.5) is 5.69 Å². The van der Waals surface area contributed by atoms with Crippen molar-refractivity contribution in [2.75, 3.05) is 0 Å². The number of nitrogens with one attached hydrogen (secondary N) is 1. The second-order valence-corrected chi connectivity index (χ2v) is 6.39. The number of hydrogen-bond donors (Lipinski definition) is 1. The molecule has 8 nitrogen and oxygen atoms in total. The van der Waals surface area contributed by atoms with Gasteiger partial charge in [-0.25, -0.2) is 10.2 Å². The Kier molecular flexibility index (Phi) is 5.87. The monoisotopic (exact) mass is 395 g/mol. The van der Waals surface area contributed by atoms with Gasteiger partial charge in [0, 0.05) is 17.7 Å². The van der Waals surface area contributed by atoms with E-state index in [0.29, 0.717) is 16.2 Å². The number of thiophene rings is 1. The predicted molar refractivity (Wildman–Crippen MR) is 104 cm³/mol. The molecule has 0 unspecified atom stereocenters. The molecule has 3 rings (SSSR count). The van der Waals surface area contributed by atoms with Crippen LogP contribution in [0.15, 0.2) is 71.1 Å². The first kappa shape index (κ1) is 18.9. The van der Waals surface area contributed by atoms with Crippen LogP contribution in [-0.4, -0.2) is 23.0 Å². The molecule has 28 heavy (non-hydrogen) atoms. The molecular formula is C19H13N3O5S. The highest BCUT2D eigenvalue weighted by Crippen LogP contribution is 2.16. The van der Waals surface area contributed by atoms with Gasteiger partial charge in [0.2, 0.25) is 0 Å². The van der Waals surface area contributed by atoms with E-state index in [9.17, 15) is 19.7 Å². The molecule has 0 bridgehead atoms. The number of non-ortho nitro benzene ring substituents is 1. The highest BCUT2D eigenvalue weighted by molar-refractivity contribution is 7.12. The fourth-order valence-electron chi connectivity index (χ4n) is 2.14. The average molecular weight is 395 g/mol. The SMILES string of the molecule is O=C(NN=Cc1ccc(OC(=O)c2cccs2)cc1)c1ccc([N+](=O)[O-])cc1. The Morgan fingerprint density at radius 2 is 1.79 bits per heavy atom. The Morgan fingerprint density at radius 3 is 2.39 bits per heavy atom. The third-order valence-electron chi connectivity index (χ3n) is 3.53. The van der Waals surface area contributed by atoms with Gasteiger partial charge in [-0.15, -0.1) is 11.3 Å². The number of carbonyl (C=O) groups excluding carboxylic acids is 2. The maximum atomic E-state index is 12.0. The molecule has 140 valence electrons. The van der Waals surface area contributed by atoms with Crippen molar-refractivity contribution in [2.45, 2.75) is 0 Å². The minimum absolute atomic E-state index is 0.0973. The average Bonchev–Trinajstić information content (AvgIpc) is 3.24. The standard InChI is InChI=1S/C19H13N3O5S/c23-18(14-5-7-15(8-6-14)22(25)26)21-20-12-13-3-9-16(10-4-13)27-19(24)17-2-1-11-28-17/h1-12H,(H,21,23). The van der Waals surface area contributed by atoms with E-state index >= 15 is 0 Å². The van der Waals surface area contributed by atoms with Crippen LogP contribution in [0.1, 0.15) is 25.6 Å². The molecular weight excluding hydrogens is 382 g/mol. The number of carbonyl (C=O) groups is 2. The van der Waals surface area contributed by atoms with Crippen LogP contribution >= 0.6 is 11.3 Å². The predicted octanol–water partition coefficient (Wildman–Crippen LogP) is 3.64. The molecule has 0 spiro atoms. The number of esters is 1. The molecule has 9 heteroatoms. The molecule has 1 N–H and O–H groups in total. The summed E-state index contributed by atoms with van der Waals surface area (Å²) in [6, 6.07) is 15.2. The number of rotatable bonds is 6. The fraction of sp³-hybridized carbons (Fsp3) is 0. The molecule has 0 aliphatic rings. The molecule has 0 atom stereocenters. The van der Waals surface area contributed by atoms with Crippen LogP contribution in [0.25, 0.3) is 0 Å². The Labute approximate surface area is 163 Å². The highest BCUT2D eigenvalue weighted by atomic mass is 32.1. The minimum atomic E-state index is -0.540. The largest absolute Gasteiger partial charge is 0.422 e. The van der Waals surface area contributed by atoms with Crippen molar-refractivity contribution < 1.29 is 19.2 Å². The van der Waals surface area contributed by atoms with Crippen LogP contribution in [0, 0.1) is 10.1 Å². The van der Waals surface area contributed by atoms with Crippen molar-refractivity contribution in [3.05, 3.63) is 92.2 Å². The molecule has 0 saturated carbocycles. The summed E-state index contributed by atoms with van der Waals surface area (Å²) in [5.74, 6) is -0.523. The maximum Gasteiger partial charge on any atom is 0.353 e. The van der Waals surface area contributed by atoms with Gasteiger partial charge in [-0.2, -0.15) is 5.10 Å². The van der Waals surface area contributed by atoms with Gasteiger partial charge in [0.05, 0.1) is 11.1 Å². The van der Waals surface area contributed by atoms with E-state index in [1.165, 1.54) is 41.8 Å². The van der Waals surface area contributed by atoms with Gasteiger partial charge in [-0.05, 0) is 53.4 Å². The lowest BCUT2D eigenvalue weighted by Gasteiger charge is -2.03. The topological polar surface area (TPSA) is 111 Å². The zero-order valence-corrected chi connectivity index (χ0v) is 15.1. The summed E-state index contributed by atoms with van der Waals surface area (Å²) < 4.78 is 5.25. The van der Waals surface area contributed by atoms with Crippen molar-refractivity contribution in [3.63, 3.8) is 0 Å². The Bertz CT molecular complexity index is 1010. The number of ether oxygens (including phenoxy) is 1. The smallest absolute Gasteiger partial charge is 0.353 e. The van der Waals surface area contributed by atoms with Crippen molar-refractivity contribution >= 4 is 35.1 Å². The number of benzene rings is 2. The van der Waals surface area contributed by atoms with Gasteiger partial charge in [0.1, 0.15) is 10.6 Å². The molecule has 1 heterocycles. The molecule has 0 aliphatic heterocycles. The summed E-state index contributed by atoms with van der Waals surface area (Å²) >= 11 is 1.30. The van der Waals surface area contributed by atoms with Crippen LogP contribution in [0.2, 0.25) is 0 Å². The molecule has 1 amide bonds. The second-order valence-electron chi connectivity index (χ2n) is 5.44. The third-order valence-corrected chi connectivity index (χ3v) is 4.38. The first-order chi connectivity index (χ1) is 13.5. The first-order valence-corrected chi connectivity index (χ1v) is 8.84. The summed E-state index contributed by atoms with van der Waals surface area (Å²) in [5.41, 5.74) is 3.17. The van der Waals surface area contributed by atoms with E-state index in [2.05, 4.69) is 10.5 Å². The number of nitrogens with zero attached hydrogens (tertiary/aromatic N) is 2. The number of hydrazone groups is 1. The van der Waals surface area contributed by atoms with Crippen LogP contribution in [0.3, 0.4) is 0 Å². The van der Waals surface area contributed by atoms with Crippen molar-refractivity contribution in [1.82, 2.24) is 5.43 Å². The van der Waals surface area contributed by atoms with Crippen molar-refractivity contribution in [1.29, 1.82) is 0 Å². The Morgan fingerprint density at radius 1 is 1.07 bits per heavy atom. The molecule has 2 aromatic carbocycles. The second kappa shape index (κ2) is 8.69. The van der Waals surface area contributed by atoms with Gasteiger partial charge in [-0.1, -0.05) is 6.07 Å². The van der Waals surface area contributed by atoms with E-state index in [1.54, 1.807) is 41.8 Å². The van der Waals surface area contributed by atoms with Crippen molar-refractivity contribution in [2.24, 2.45) is 5.10 Å². The van der Waals surface area contributed by atoms with Gasteiger partial charge >= 0.3 is 5.97 Å². The number of amides is 1. The van der Waals surface area contributed by atoms with Crippen molar-refractivity contribution in [3.8, 4) is 5.75 Å². The summed E-state index contributed by atoms with van der Waals surface area (Å²) in [4.78, 5) is 34.4. The molecule has 0 aliphatic carbocycles. The molecule has 1 aromatic heterocycles. The lowest BCUT2D eigenvalue weighted by molar-refractivity contribution is -0.384. The summed E-state index contributed by atoms with van der Waals surface area (Å²) in [6.07, 6.45) is 1.42. The number of hydrogen-bond acceptors (Lipinski definition) is 7. The lowest BCUT2D eigenvalue weighted by atomic mass is 10.2. The molecule has 0 saturated heterocycles. The van der Waals surface area contributed by atoms with Gasteiger partial charge in [0.15, 0.2) is 0 Å². The van der Waals surface area contributed by atoms with E-state index < -0.39 is 16.8 Å². The number of nitro benzene ring substituents is 1. The van der Waals surface area contributed by atoms with E-state index in [4.69, 9.17) is 4.74 Å². The van der Waals surface area contributed by atoms with E-state index in [0.717, 1.165) is 0 Å². The molecule has 0 fully saturated rings. The normalized spacial score (nSPS) is 10.6. The lowest BCUT2D eigenvalue weighted by Crippen LogP contribution is -2.17. The first-order valence-electron chi connectivity index (χ1n) is 7.96. The highest BCUT2D eigenvalue weighted by Gasteiger charge is 2.10. The van der Waals surface area contributed by atoms with E-state index in [-0.39, 0.29) is 11.3 Å². The van der Waals surface area contributed by atoms with Crippen LogP contribution in [0.5, 0.6) is 5.75 Å². The van der Waals surface area contributed by atoms with E-state index in [1.807, 2.05) is 0 Å². The summed E-state index contributed by atoms with van der Waals surface area (Å²) in [6.45, 7) is 0. The minimum Gasteiger partial charge on any atom is -0.422 e. The quantitative estimate of drug-likeness (QED) is 0.225. The fourth-order valence-corrected chi connectivity index (χ4v) is 2.74. The maximum absolute atomic E-state index is 12.0. The Hall–Kier alpha value is -3.85. The summed E-state index contributed by atoms with van der Waals surface area (Å²) in [7, 11) is 0. The van der Waals surface area contributed by atoms with Gasteiger partial charge < -0.3 is 4.74 Å². The molecule has 0 radical (unpaired) electrons. The number of nitro groups is 1. The van der Waals surface area contributed by atoms with Gasteiger partial charge in [-0.3, -0.25) is 14.9 Å².